The van der Waals surface area contributed by atoms with Crippen LogP contribution in [-0.4, -0.2) is 43.4 Å². The summed E-state index contributed by atoms with van der Waals surface area (Å²) < 4.78 is 2.19. The van der Waals surface area contributed by atoms with E-state index in [1.54, 1.807) is 12.4 Å². The van der Waals surface area contributed by atoms with Gasteiger partial charge in [-0.15, -0.1) is 0 Å². The van der Waals surface area contributed by atoms with E-state index < -0.39 is 0 Å². The maximum Gasteiger partial charge on any atom is 0.274 e. The van der Waals surface area contributed by atoms with Crippen LogP contribution in [0.5, 0.6) is 0 Å². The van der Waals surface area contributed by atoms with E-state index in [2.05, 4.69) is 26.4 Å². The van der Waals surface area contributed by atoms with Crippen molar-refractivity contribution in [2.24, 2.45) is 0 Å². The van der Waals surface area contributed by atoms with Gasteiger partial charge < -0.3 is 9.47 Å². The summed E-state index contributed by atoms with van der Waals surface area (Å²) >= 11 is 0. The van der Waals surface area contributed by atoms with Crippen LogP contribution in [0, 0.1) is 6.92 Å². The van der Waals surface area contributed by atoms with Crippen LogP contribution in [0.2, 0.25) is 0 Å². The quantitative estimate of drug-likeness (QED) is 0.870. The molecule has 1 fully saturated rings. The molecule has 0 saturated carbocycles. The third-order valence-corrected chi connectivity index (χ3v) is 4.24. The molecular weight excluding hydrogens is 278 g/mol. The predicted molar refractivity (Wildman–Crippen MR) is 82.5 cm³/mol. The van der Waals surface area contributed by atoms with Gasteiger partial charge in [0, 0.05) is 44.1 Å². The molecule has 6 heteroatoms. The van der Waals surface area contributed by atoms with Crippen LogP contribution in [0.25, 0.3) is 0 Å². The summed E-state index contributed by atoms with van der Waals surface area (Å²) in [6.07, 6.45) is 8.97. The standard InChI is InChI=1S/C16H21N5O/c1-3-20-9-6-17-15(20)13-4-7-21(8-5-13)16(22)14-11-18-12(2)10-19-14/h6,9-11,13H,3-5,7-8H2,1-2H3. The molecule has 0 atom stereocenters. The highest BCUT2D eigenvalue weighted by Crippen LogP contribution is 2.27. The van der Waals surface area contributed by atoms with E-state index in [4.69, 9.17) is 0 Å². The van der Waals surface area contributed by atoms with Gasteiger partial charge in [-0.3, -0.25) is 9.78 Å². The smallest absolute Gasteiger partial charge is 0.274 e. The zero-order valence-electron chi connectivity index (χ0n) is 13.1. The summed E-state index contributed by atoms with van der Waals surface area (Å²) in [6, 6.07) is 0. The first-order valence-corrected chi connectivity index (χ1v) is 7.78. The lowest BCUT2D eigenvalue weighted by atomic mass is 9.95. The lowest BCUT2D eigenvalue weighted by Crippen LogP contribution is -2.38. The lowest BCUT2D eigenvalue weighted by molar-refractivity contribution is 0.0704. The maximum absolute atomic E-state index is 12.4. The molecule has 1 saturated heterocycles. The summed E-state index contributed by atoms with van der Waals surface area (Å²) in [5.41, 5.74) is 1.25. The van der Waals surface area contributed by atoms with Crippen molar-refractivity contribution < 1.29 is 4.79 Å². The van der Waals surface area contributed by atoms with Crippen LogP contribution < -0.4 is 0 Å². The molecule has 0 aliphatic carbocycles. The van der Waals surface area contributed by atoms with E-state index in [-0.39, 0.29) is 5.91 Å². The van der Waals surface area contributed by atoms with Crippen LogP contribution in [0.4, 0.5) is 0 Å². The molecule has 1 amide bonds. The molecular formula is C16H21N5O. The molecule has 22 heavy (non-hydrogen) atoms. The molecule has 3 heterocycles. The molecule has 2 aromatic heterocycles. The molecule has 0 aromatic carbocycles. The van der Waals surface area contributed by atoms with Crippen molar-refractivity contribution in [2.75, 3.05) is 13.1 Å². The Morgan fingerprint density at radius 2 is 2.00 bits per heavy atom. The zero-order chi connectivity index (χ0) is 15.5. The van der Waals surface area contributed by atoms with Crippen LogP contribution in [0.3, 0.4) is 0 Å². The number of hydrogen-bond donors (Lipinski definition) is 0. The Kier molecular flexibility index (Phi) is 4.18. The summed E-state index contributed by atoms with van der Waals surface area (Å²) in [5, 5.41) is 0. The maximum atomic E-state index is 12.4. The summed E-state index contributed by atoms with van der Waals surface area (Å²) in [5.74, 6) is 1.55. The SMILES string of the molecule is CCn1ccnc1C1CCN(C(=O)c2cnc(C)cn2)CC1. The monoisotopic (exact) mass is 299 g/mol. The van der Waals surface area contributed by atoms with Gasteiger partial charge >= 0.3 is 0 Å². The van der Waals surface area contributed by atoms with Gasteiger partial charge in [0.15, 0.2) is 0 Å². The van der Waals surface area contributed by atoms with Crippen molar-refractivity contribution in [2.45, 2.75) is 39.2 Å². The topological polar surface area (TPSA) is 63.9 Å². The number of rotatable bonds is 3. The third-order valence-electron chi connectivity index (χ3n) is 4.24. The van der Waals surface area contributed by atoms with Crippen LogP contribution >= 0.6 is 0 Å². The average molecular weight is 299 g/mol. The molecule has 0 unspecified atom stereocenters. The van der Waals surface area contributed by atoms with Gasteiger partial charge in [-0.25, -0.2) is 9.97 Å². The van der Waals surface area contributed by atoms with E-state index in [1.807, 2.05) is 24.2 Å². The number of amides is 1. The van der Waals surface area contributed by atoms with Crippen LogP contribution in [0.1, 0.15) is 47.7 Å². The molecule has 6 nitrogen and oxygen atoms in total. The first-order chi connectivity index (χ1) is 10.7. The van der Waals surface area contributed by atoms with Crippen molar-refractivity contribution in [3.63, 3.8) is 0 Å². The van der Waals surface area contributed by atoms with Crippen LogP contribution in [-0.2, 0) is 6.54 Å². The lowest BCUT2D eigenvalue weighted by Gasteiger charge is -2.31. The van der Waals surface area contributed by atoms with Crippen molar-refractivity contribution in [1.82, 2.24) is 24.4 Å². The molecule has 0 N–H and O–H groups in total. The fourth-order valence-corrected chi connectivity index (χ4v) is 2.95. The Labute approximate surface area is 130 Å². The number of carbonyl (C=O) groups is 1. The minimum atomic E-state index is -0.0233. The minimum Gasteiger partial charge on any atom is -0.337 e. The Bertz CT molecular complexity index is 641. The van der Waals surface area contributed by atoms with Crippen LogP contribution in [0.15, 0.2) is 24.8 Å². The Morgan fingerprint density at radius 3 is 2.64 bits per heavy atom. The highest BCUT2D eigenvalue weighted by Gasteiger charge is 2.27. The van der Waals surface area contributed by atoms with Gasteiger partial charge in [-0.2, -0.15) is 0 Å². The van der Waals surface area contributed by atoms with Crippen molar-refractivity contribution in [3.8, 4) is 0 Å². The highest BCUT2D eigenvalue weighted by molar-refractivity contribution is 5.92. The summed E-state index contributed by atoms with van der Waals surface area (Å²) in [7, 11) is 0. The zero-order valence-corrected chi connectivity index (χ0v) is 13.1. The largest absolute Gasteiger partial charge is 0.337 e. The molecule has 0 bridgehead atoms. The number of imidazole rings is 1. The van der Waals surface area contributed by atoms with Crippen molar-refractivity contribution in [3.05, 3.63) is 42.0 Å². The molecule has 1 aliphatic heterocycles. The highest BCUT2D eigenvalue weighted by atomic mass is 16.2. The van der Waals surface area contributed by atoms with Gasteiger partial charge in [0.25, 0.3) is 5.91 Å². The fourth-order valence-electron chi connectivity index (χ4n) is 2.95. The van der Waals surface area contributed by atoms with E-state index in [0.29, 0.717) is 11.6 Å². The van der Waals surface area contributed by atoms with Crippen molar-refractivity contribution >= 4 is 5.91 Å². The number of carbonyl (C=O) groups excluding carboxylic acids is 1. The molecule has 0 spiro atoms. The number of nitrogens with zero attached hydrogens (tertiary/aromatic N) is 5. The summed E-state index contributed by atoms with van der Waals surface area (Å²) in [4.78, 5) is 27.1. The first-order valence-electron chi connectivity index (χ1n) is 7.78. The second-order valence-electron chi connectivity index (χ2n) is 5.68. The number of aryl methyl sites for hydroxylation is 2. The second-order valence-corrected chi connectivity index (χ2v) is 5.68. The molecule has 116 valence electrons. The fraction of sp³-hybridized carbons (Fsp3) is 0.500. The number of hydrogen-bond acceptors (Lipinski definition) is 4. The molecule has 1 aliphatic rings. The van der Waals surface area contributed by atoms with Crippen molar-refractivity contribution in [1.29, 1.82) is 0 Å². The van der Waals surface area contributed by atoms with Gasteiger partial charge in [0.2, 0.25) is 0 Å². The summed E-state index contributed by atoms with van der Waals surface area (Å²) in [6.45, 7) is 6.42. The van der Waals surface area contributed by atoms with E-state index in [0.717, 1.165) is 44.0 Å². The van der Waals surface area contributed by atoms with Gasteiger partial charge in [-0.05, 0) is 26.7 Å². The number of piperidine rings is 1. The Hall–Kier alpha value is -2.24. The van der Waals surface area contributed by atoms with E-state index in [9.17, 15) is 4.79 Å². The normalized spacial score (nSPS) is 16.0. The number of likely N-dealkylation sites (tertiary alicyclic amines) is 1. The molecule has 2 aromatic rings. The molecule has 3 rings (SSSR count). The number of aromatic nitrogens is 4. The van der Waals surface area contributed by atoms with E-state index >= 15 is 0 Å². The van der Waals surface area contributed by atoms with Gasteiger partial charge in [0.1, 0.15) is 11.5 Å². The minimum absolute atomic E-state index is 0.0233. The third kappa shape index (κ3) is 2.86. The average Bonchev–Trinajstić information content (AvgIpc) is 3.04. The Balaban J connectivity index is 1.64. The molecule has 0 radical (unpaired) electrons. The predicted octanol–water partition coefficient (Wildman–Crippen LogP) is 2.02. The Morgan fingerprint density at radius 1 is 1.23 bits per heavy atom. The second kappa shape index (κ2) is 6.25. The van der Waals surface area contributed by atoms with E-state index in [1.165, 1.54) is 0 Å². The van der Waals surface area contributed by atoms with Gasteiger partial charge in [-0.1, -0.05) is 0 Å². The first kappa shape index (κ1) is 14.7. The van der Waals surface area contributed by atoms with Gasteiger partial charge in [0.05, 0.1) is 11.9 Å².